The third-order valence-corrected chi connectivity index (χ3v) is 3.34. The molecule has 1 saturated heterocycles. The Morgan fingerprint density at radius 1 is 1.21 bits per heavy atom. The zero-order valence-electron chi connectivity index (χ0n) is 9.49. The molecule has 0 aromatic heterocycles. The average Bonchev–Trinajstić information content (AvgIpc) is 2.38. The number of hydrogen-bond acceptors (Lipinski definition) is 3. The fourth-order valence-corrected chi connectivity index (χ4v) is 2.16. The molecule has 1 fully saturated rings. The molecule has 1 heterocycles. The van der Waals surface area contributed by atoms with Crippen LogP contribution < -0.4 is 5.32 Å². The molecule has 3 heteroatoms. The van der Waals surface area contributed by atoms with Crippen molar-refractivity contribution < 1.29 is 9.84 Å². The van der Waals surface area contributed by atoms with Crippen molar-refractivity contribution in [1.29, 1.82) is 0 Å². The van der Waals surface area contributed by atoms with E-state index >= 15 is 0 Å². The van der Waals surface area contributed by atoms with Crippen molar-refractivity contribution in [1.82, 2.24) is 5.32 Å². The highest BCUT2D eigenvalue weighted by Crippen LogP contribution is 2.31. The lowest BCUT2D eigenvalue weighted by Crippen LogP contribution is -2.31. The van der Waals surface area contributed by atoms with Crippen molar-refractivity contribution in [2.24, 2.45) is 11.8 Å². The first-order valence-corrected chi connectivity index (χ1v) is 5.64. The Morgan fingerprint density at radius 2 is 1.93 bits per heavy atom. The Morgan fingerprint density at radius 3 is 2.43 bits per heavy atom. The van der Waals surface area contributed by atoms with Gasteiger partial charge in [0.25, 0.3) is 0 Å². The molecule has 2 N–H and O–H groups in total. The second-order valence-corrected chi connectivity index (χ2v) is 4.35. The van der Waals surface area contributed by atoms with E-state index in [1.54, 1.807) is 0 Å². The lowest BCUT2D eigenvalue weighted by Gasteiger charge is -2.18. The van der Waals surface area contributed by atoms with E-state index in [9.17, 15) is 0 Å². The molecule has 0 radical (unpaired) electrons. The molecule has 0 amide bonds. The standard InChI is InChI=1S/C11H23NO2/c1-8-9(2)14-10(3)11(8)7-12-5-4-6-13/h8-13H,4-7H2,1-3H3. The quantitative estimate of drug-likeness (QED) is 0.653. The topological polar surface area (TPSA) is 41.5 Å². The number of ether oxygens (including phenoxy) is 1. The van der Waals surface area contributed by atoms with Crippen LogP contribution in [0.5, 0.6) is 0 Å². The minimum atomic E-state index is 0.273. The molecule has 1 rings (SSSR count). The van der Waals surface area contributed by atoms with Gasteiger partial charge in [-0.3, -0.25) is 0 Å². The van der Waals surface area contributed by atoms with Crippen LogP contribution in [0.3, 0.4) is 0 Å². The summed E-state index contributed by atoms with van der Waals surface area (Å²) in [6, 6.07) is 0. The second kappa shape index (κ2) is 5.69. The van der Waals surface area contributed by atoms with Crippen LogP contribution in [0.25, 0.3) is 0 Å². The lowest BCUT2D eigenvalue weighted by molar-refractivity contribution is 0.0511. The summed E-state index contributed by atoms with van der Waals surface area (Å²) in [6.45, 7) is 8.74. The van der Waals surface area contributed by atoms with Crippen LogP contribution in [-0.2, 0) is 4.74 Å². The van der Waals surface area contributed by atoms with Crippen molar-refractivity contribution in [3.8, 4) is 0 Å². The molecular weight excluding hydrogens is 178 g/mol. The molecule has 0 aromatic carbocycles. The van der Waals surface area contributed by atoms with E-state index in [1.165, 1.54) is 0 Å². The minimum absolute atomic E-state index is 0.273. The van der Waals surface area contributed by atoms with E-state index in [1.807, 2.05) is 0 Å². The van der Waals surface area contributed by atoms with Gasteiger partial charge in [0.15, 0.2) is 0 Å². The van der Waals surface area contributed by atoms with Crippen LogP contribution in [0, 0.1) is 11.8 Å². The van der Waals surface area contributed by atoms with Gasteiger partial charge in [0.05, 0.1) is 12.2 Å². The van der Waals surface area contributed by atoms with E-state index in [4.69, 9.17) is 9.84 Å². The lowest BCUT2D eigenvalue weighted by atomic mass is 9.89. The molecule has 0 bridgehead atoms. The molecule has 1 aliphatic rings. The SMILES string of the molecule is CC1OC(C)C(CNCCCO)C1C. The average molecular weight is 201 g/mol. The third-order valence-electron chi connectivity index (χ3n) is 3.34. The van der Waals surface area contributed by atoms with E-state index in [2.05, 4.69) is 26.1 Å². The zero-order chi connectivity index (χ0) is 10.6. The van der Waals surface area contributed by atoms with Gasteiger partial charge < -0.3 is 15.2 Å². The van der Waals surface area contributed by atoms with E-state index < -0.39 is 0 Å². The predicted octanol–water partition coefficient (Wildman–Crippen LogP) is 1.02. The van der Waals surface area contributed by atoms with Crippen molar-refractivity contribution in [3.05, 3.63) is 0 Å². The molecule has 14 heavy (non-hydrogen) atoms. The maximum atomic E-state index is 8.64. The third kappa shape index (κ3) is 2.94. The molecule has 0 aliphatic carbocycles. The number of aliphatic hydroxyl groups excluding tert-OH is 1. The first kappa shape index (κ1) is 12.0. The smallest absolute Gasteiger partial charge is 0.0594 e. The monoisotopic (exact) mass is 201 g/mol. The molecule has 0 spiro atoms. The minimum Gasteiger partial charge on any atom is -0.396 e. The Kier molecular flexibility index (Phi) is 4.85. The number of nitrogens with one attached hydrogen (secondary N) is 1. The largest absolute Gasteiger partial charge is 0.396 e. The van der Waals surface area contributed by atoms with Gasteiger partial charge in [0.1, 0.15) is 0 Å². The highest BCUT2D eigenvalue weighted by Gasteiger charge is 2.36. The summed E-state index contributed by atoms with van der Waals surface area (Å²) in [4.78, 5) is 0. The molecule has 1 aliphatic heterocycles. The maximum absolute atomic E-state index is 8.64. The van der Waals surface area contributed by atoms with Crippen molar-refractivity contribution in [2.45, 2.75) is 39.4 Å². The van der Waals surface area contributed by atoms with Crippen molar-refractivity contribution in [2.75, 3.05) is 19.7 Å². The van der Waals surface area contributed by atoms with E-state index in [-0.39, 0.29) is 6.61 Å². The van der Waals surface area contributed by atoms with E-state index in [0.717, 1.165) is 19.5 Å². The van der Waals surface area contributed by atoms with Gasteiger partial charge in [-0.2, -0.15) is 0 Å². The Balaban J connectivity index is 2.22. The number of aliphatic hydroxyl groups is 1. The second-order valence-electron chi connectivity index (χ2n) is 4.35. The summed E-state index contributed by atoms with van der Waals surface area (Å²) in [5.74, 6) is 1.25. The zero-order valence-corrected chi connectivity index (χ0v) is 9.49. The van der Waals surface area contributed by atoms with Crippen LogP contribution >= 0.6 is 0 Å². The molecular formula is C11H23NO2. The van der Waals surface area contributed by atoms with Gasteiger partial charge in [-0.15, -0.1) is 0 Å². The van der Waals surface area contributed by atoms with Gasteiger partial charge >= 0.3 is 0 Å². The van der Waals surface area contributed by atoms with Gasteiger partial charge in [0, 0.05) is 19.1 Å². The van der Waals surface area contributed by atoms with Crippen LogP contribution in [-0.4, -0.2) is 37.0 Å². The molecule has 84 valence electrons. The van der Waals surface area contributed by atoms with Crippen LogP contribution in [0.4, 0.5) is 0 Å². The first-order chi connectivity index (χ1) is 6.66. The summed E-state index contributed by atoms with van der Waals surface area (Å²) in [7, 11) is 0. The van der Waals surface area contributed by atoms with Gasteiger partial charge in [-0.25, -0.2) is 0 Å². The fraction of sp³-hybridized carbons (Fsp3) is 1.00. The summed E-state index contributed by atoms with van der Waals surface area (Å²) < 4.78 is 5.75. The van der Waals surface area contributed by atoms with Gasteiger partial charge in [-0.05, 0) is 32.7 Å². The van der Waals surface area contributed by atoms with Crippen LogP contribution in [0.15, 0.2) is 0 Å². The summed E-state index contributed by atoms with van der Waals surface area (Å²) in [6.07, 6.45) is 1.59. The molecule has 0 aromatic rings. The number of rotatable bonds is 5. The summed E-state index contributed by atoms with van der Waals surface area (Å²) in [5.41, 5.74) is 0. The van der Waals surface area contributed by atoms with Gasteiger partial charge in [-0.1, -0.05) is 6.92 Å². The van der Waals surface area contributed by atoms with Crippen LogP contribution in [0.1, 0.15) is 27.2 Å². The highest BCUT2D eigenvalue weighted by molar-refractivity contribution is 4.84. The Labute approximate surface area is 86.8 Å². The molecule has 4 atom stereocenters. The fourth-order valence-electron chi connectivity index (χ4n) is 2.16. The van der Waals surface area contributed by atoms with Crippen molar-refractivity contribution in [3.63, 3.8) is 0 Å². The summed E-state index contributed by atoms with van der Waals surface area (Å²) >= 11 is 0. The summed E-state index contributed by atoms with van der Waals surface area (Å²) in [5, 5.41) is 12.0. The Hall–Kier alpha value is -0.120. The maximum Gasteiger partial charge on any atom is 0.0594 e. The first-order valence-electron chi connectivity index (χ1n) is 5.64. The number of hydrogen-bond donors (Lipinski definition) is 2. The molecule has 3 nitrogen and oxygen atoms in total. The predicted molar refractivity (Wildman–Crippen MR) is 57.2 cm³/mol. The van der Waals surface area contributed by atoms with Crippen LogP contribution in [0.2, 0.25) is 0 Å². The molecule has 0 saturated carbocycles. The van der Waals surface area contributed by atoms with E-state index in [0.29, 0.717) is 24.0 Å². The van der Waals surface area contributed by atoms with Crippen molar-refractivity contribution >= 4 is 0 Å². The Bertz CT molecular complexity index is 163. The molecule has 4 unspecified atom stereocenters. The highest BCUT2D eigenvalue weighted by atomic mass is 16.5. The van der Waals surface area contributed by atoms with Gasteiger partial charge in [0.2, 0.25) is 0 Å². The normalized spacial score (nSPS) is 37.7.